The predicted octanol–water partition coefficient (Wildman–Crippen LogP) is 5.74. The molecule has 1 amide bonds. The summed E-state index contributed by atoms with van der Waals surface area (Å²) in [4.78, 5) is 15.0. The maximum absolute atomic E-state index is 14.1. The molecule has 3 aliphatic rings. The molecule has 186 valence electrons. The first-order valence-electron chi connectivity index (χ1n) is 12.3. The van der Waals surface area contributed by atoms with Crippen LogP contribution in [0, 0.1) is 11.6 Å². The summed E-state index contributed by atoms with van der Waals surface area (Å²) in [5, 5.41) is 11.5. The first-order chi connectivity index (χ1) is 17.4. The highest BCUT2D eigenvalue weighted by atomic mass is 19.2. The number of carbonyl (C=O) groups excluding carboxylic acids is 1. The van der Waals surface area contributed by atoms with Crippen molar-refractivity contribution in [3.05, 3.63) is 89.0 Å². The molecular weight excluding hydrogens is 464 g/mol. The second-order valence-electron chi connectivity index (χ2n) is 10.0. The zero-order chi connectivity index (χ0) is 25.0. The fraction of sp³-hybridized carbons (Fsp3) is 0.345. The molecule has 0 radical (unpaired) electrons. The van der Waals surface area contributed by atoms with Crippen molar-refractivity contribution in [3.63, 3.8) is 0 Å². The molecule has 36 heavy (non-hydrogen) atoms. The maximum atomic E-state index is 14.1. The van der Waals surface area contributed by atoms with Gasteiger partial charge in [-0.05, 0) is 41.2 Å². The van der Waals surface area contributed by atoms with E-state index in [2.05, 4.69) is 24.3 Å². The lowest BCUT2D eigenvalue weighted by Crippen LogP contribution is -2.52. The number of benzene rings is 3. The monoisotopic (exact) mass is 491 g/mol. The number of aliphatic hydroxyl groups is 1. The molecule has 1 N–H and O–H groups in total. The number of hydrogen-bond acceptors (Lipinski definition) is 4. The highest BCUT2D eigenvalue weighted by Gasteiger charge is 2.52. The molecule has 2 saturated heterocycles. The van der Waals surface area contributed by atoms with Gasteiger partial charge in [0, 0.05) is 42.5 Å². The molecule has 3 aromatic rings. The second-order valence-corrected chi connectivity index (χ2v) is 10.0. The van der Waals surface area contributed by atoms with Crippen molar-refractivity contribution in [2.45, 2.75) is 49.3 Å². The minimum absolute atomic E-state index is 0.0350. The third-order valence-corrected chi connectivity index (χ3v) is 8.06. The van der Waals surface area contributed by atoms with Gasteiger partial charge >= 0.3 is 6.09 Å². The summed E-state index contributed by atoms with van der Waals surface area (Å²) in [6.45, 7) is 0.226. The molecule has 0 aromatic heterocycles. The minimum atomic E-state index is -1.42. The summed E-state index contributed by atoms with van der Waals surface area (Å²) in [7, 11) is 1.36. The molecule has 6 rings (SSSR count). The smallest absolute Gasteiger partial charge is 0.410 e. The number of hydrogen-bond donors (Lipinski definition) is 1. The summed E-state index contributed by atoms with van der Waals surface area (Å²) in [6.07, 6.45) is 1.43. The van der Waals surface area contributed by atoms with Gasteiger partial charge in [0.25, 0.3) is 0 Å². The Balaban J connectivity index is 1.20. The quantitative estimate of drug-likeness (QED) is 0.506. The van der Waals surface area contributed by atoms with Crippen LogP contribution in [0.4, 0.5) is 13.6 Å². The van der Waals surface area contributed by atoms with Gasteiger partial charge in [-0.1, -0.05) is 48.5 Å². The predicted molar refractivity (Wildman–Crippen MR) is 130 cm³/mol. The summed E-state index contributed by atoms with van der Waals surface area (Å²) in [5.74, 6) is -2.00. The summed E-state index contributed by atoms with van der Waals surface area (Å²) < 4.78 is 39.0. The van der Waals surface area contributed by atoms with Crippen LogP contribution in [0.5, 0.6) is 5.75 Å². The molecule has 0 spiro atoms. The number of rotatable bonds is 4. The summed E-state index contributed by atoms with van der Waals surface area (Å²) in [5.41, 5.74) is 3.41. The molecule has 2 fully saturated rings. The van der Waals surface area contributed by atoms with E-state index in [1.165, 1.54) is 7.11 Å². The first-order valence-corrected chi connectivity index (χ1v) is 12.3. The molecule has 3 aromatic carbocycles. The SMILES string of the molecule is COc1cc(F)c(F)cc1C1(O)CC2CCC(C1)N2C(=O)OCC1c2ccccc2-c2ccccc21. The number of carbonyl (C=O) groups is 1. The van der Waals surface area contributed by atoms with Crippen LogP contribution >= 0.6 is 0 Å². The molecule has 1 aliphatic carbocycles. The number of ether oxygens (including phenoxy) is 2. The number of piperidine rings is 1. The lowest BCUT2D eigenvalue weighted by atomic mass is 9.80. The van der Waals surface area contributed by atoms with Crippen LogP contribution in [0.1, 0.15) is 48.3 Å². The molecule has 2 unspecified atom stereocenters. The van der Waals surface area contributed by atoms with Crippen molar-refractivity contribution in [2.24, 2.45) is 0 Å². The van der Waals surface area contributed by atoms with Gasteiger partial charge in [0.05, 0.1) is 12.7 Å². The Morgan fingerprint density at radius 2 is 1.53 bits per heavy atom. The Hall–Kier alpha value is -3.45. The van der Waals surface area contributed by atoms with Crippen LogP contribution in [-0.4, -0.2) is 41.9 Å². The van der Waals surface area contributed by atoms with Gasteiger partial charge in [-0.2, -0.15) is 0 Å². The molecule has 2 atom stereocenters. The normalized spacial score (nSPS) is 24.4. The standard InChI is InChI=1S/C29H27F2NO4/c1-35-27-13-26(31)25(30)12-24(27)29(34)14-17-10-11-18(15-29)32(17)28(33)36-16-23-21-8-4-2-6-19(21)20-7-3-5-9-22(20)23/h2-9,12-13,17-18,23,34H,10-11,14-16H2,1H3. The van der Waals surface area contributed by atoms with E-state index in [0.29, 0.717) is 12.8 Å². The molecule has 0 saturated carbocycles. The highest BCUT2D eigenvalue weighted by molar-refractivity contribution is 5.79. The summed E-state index contributed by atoms with van der Waals surface area (Å²) >= 11 is 0. The van der Waals surface area contributed by atoms with Gasteiger partial charge in [-0.15, -0.1) is 0 Å². The van der Waals surface area contributed by atoms with E-state index in [-0.39, 0.29) is 48.8 Å². The fourth-order valence-corrected chi connectivity index (χ4v) is 6.47. The van der Waals surface area contributed by atoms with E-state index in [0.717, 1.165) is 34.4 Å². The van der Waals surface area contributed by atoms with Gasteiger partial charge < -0.3 is 19.5 Å². The van der Waals surface area contributed by atoms with Crippen LogP contribution in [0.2, 0.25) is 0 Å². The van der Waals surface area contributed by atoms with Crippen LogP contribution in [-0.2, 0) is 10.3 Å². The van der Waals surface area contributed by atoms with Crippen molar-refractivity contribution < 1.29 is 28.2 Å². The maximum Gasteiger partial charge on any atom is 0.410 e. The second kappa shape index (κ2) is 8.59. The number of methoxy groups -OCH3 is 1. The number of fused-ring (bicyclic) bond motifs is 5. The average molecular weight is 492 g/mol. The van der Waals surface area contributed by atoms with Gasteiger partial charge in [0.2, 0.25) is 0 Å². The van der Waals surface area contributed by atoms with Gasteiger partial charge in [-0.3, -0.25) is 0 Å². The number of amides is 1. The Morgan fingerprint density at radius 1 is 0.972 bits per heavy atom. The van der Waals surface area contributed by atoms with Crippen molar-refractivity contribution in [2.75, 3.05) is 13.7 Å². The molecule has 2 aliphatic heterocycles. The first kappa shape index (κ1) is 23.0. The zero-order valence-corrected chi connectivity index (χ0v) is 19.9. The fourth-order valence-electron chi connectivity index (χ4n) is 6.47. The third-order valence-electron chi connectivity index (χ3n) is 8.06. The molecule has 7 heteroatoms. The Labute approximate surface area is 208 Å². The lowest BCUT2D eigenvalue weighted by molar-refractivity contribution is -0.0544. The molecule has 2 bridgehead atoms. The third kappa shape index (κ3) is 3.56. The number of nitrogens with zero attached hydrogens (tertiary/aromatic N) is 1. The van der Waals surface area contributed by atoms with Crippen LogP contribution in [0.3, 0.4) is 0 Å². The van der Waals surface area contributed by atoms with Crippen LogP contribution in [0.15, 0.2) is 60.7 Å². The van der Waals surface area contributed by atoms with E-state index in [4.69, 9.17) is 9.47 Å². The number of halogens is 2. The van der Waals surface area contributed by atoms with Crippen LogP contribution in [0.25, 0.3) is 11.1 Å². The Kier molecular flexibility index (Phi) is 5.48. The van der Waals surface area contributed by atoms with Gasteiger partial charge in [-0.25, -0.2) is 13.6 Å². The van der Waals surface area contributed by atoms with Crippen molar-refractivity contribution >= 4 is 6.09 Å². The van der Waals surface area contributed by atoms with Crippen LogP contribution < -0.4 is 4.74 Å². The van der Waals surface area contributed by atoms with Crippen molar-refractivity contribution in [1.82, 2.24) is 4.90 Å². The zero-order valence-electron chi connectivity index (χ0n) is 19.9. The molecule has 5 nitrogen and oxygen atoms in total. The minimum Gasteiger partial charge on any atom is -0.496 e. The van der Waals surface area contributed by atoms with Crippen molar-refractivity contribution in [1.29, 1.82) is 0 Å². The van der Waals surface area contributed by atoms with E-state index >= 15 is 0 Å². The van der Waals surface area contributed by atoms with Crippen molar-refractivity contribution in [3.8, 4) is 16.9 Å². The molecular formula is C29H27F2NO4. The Bertz CT molecular complexity index is 1280. The van der Waals surface area contributed by atoms with E-state index in [1.807, 2.05) is 24.3 Å². The van der Waals surface area contributed by atoms with Gasteiger partial charge in [0.15, 0.2) is 11.6 Å². The molecule has 2 heterocycles. The largest absolute Gasteiger partial charge is 0.496 e. The van der Waals surface area contributed by atoms with Gasteiger partial charge in [0.1, 0.15) is 12.4 Å². The van der Waals surface area contributed by atoms with E-state index in [9.17, 15) is 18.7 Å². The topological polar surface area (TPSA) is 59.0 Å². The lowest BCUT2D eigenvalue weighted by Gasteiger charge is -2.43. The summed E-state index contributed by atoms with van der Waals surface area (Å²) in [6, 6.07) is 17.8. The van der Waals surface area contributed by atoms with E-state index < -0.39 is 23.3 Å². The Morgan fingerprint density at radius 3 is 2.11 bits per heavy atom. The van der Waals surface area contributed by atoms with E-state index in [1.54, 1.807) is 4.90 Å². The highest BCUT2D eigenvalue weighted by Crippen LogP contribution is 2.49. The average Bonchev–Trinajstić information content (AvgIpc) is 3.36.